The van der Waals surface area contributed by atoms with Gasteiger partial charge in [0, 0.05) is 36.7 Å². The maximum absolute atomic E-state index is 13.0. The van der Waals surface area contributed by atoms with Crippen molar-refractivity contribution in [3.8, 4) is 0 Å². The van der Waals surface area contributed by atoms with E-state index in [-0.39, 0.29) is 17.7 Å². The Labute approximate surface area is 177 Å². The fourth-order valence-corrected chi connectivity index (χ4v) is 5.15. The number of aromatic nitrogens is 1. The van der Waals surface area contributed by atoms with Crippen LogP contribution < -0.4 is 4.90 Å². The van der Waals surface area contributed by atoms with Crippen LogP contribution in [0.1, 0.15) is 34.1 Å². The lowest BCUT2D eigenvalue weighted by Gasteiger charge is -2.31. The number of hydrogen-bond donors (Lipinski definition) is 0. The molecule has 2 aliphatic rings. The van der Waals surface area contributed by atoms with Crippen LogP contribution in [0.4, 0.5) is 5.69 Å². The van der Waals surface area contributed by atoms with E-state index in [1.807, 2.05) is 23.1 Å². The van der Waals surface area contributed by atoms with E-state index >= 15 is 0 Å². The highest BCUT2D eigenvalue weighted by molar-refractivity contribution is 7.18. The fourth-order valence-electron chi connectivity index (χ4n) is 4.01. The van der Waals surface area contributed by atoms with Gasteiger partial charge in [0.05, 0.1) is 20.9 Å². The third-order valence-electron chi connectivity index (χ3n) is 5.60. The summed E-state index contributed by atoms with van der Waals surface area (Å²) in [6.07, 6.45) is 4.23. The lowest BCUT2D eigenvalue weighted by molar-refractivity contribution is -0.119. The number of carbonyl (C=O) groups is 3. The lowest BCUT2D eigenvalue weighted by atomic mass is 9.97. The highest BCUT2D eigenvalue weighted by Crippen LogP contribution is 2.34. The predicted molar refractivity (Wildman–Crippen MR) is 116 cm³/mol. The van der Waals surface area contributed by atoms with Crippen LogP contribution in [0.3, 0.4) is 0 Å². The molecule has 0 spiro atoms. The number of nitrogens with zero attached hydrogens (tertiary/aromatic N) is 3. The summed E-state index contributed by atoms with van der Waals surface area (Å²) in [7, 11) is 0. The van der Waals surface area contributed by atoms with Gasteiger partial charge in [0.25, 0.3) is 17.7 Å². The zero-order valence-corrected chi connectivity index (χ0v) is 17.0. The number of likely N-dealkylation sites (tertiary alicyclic amines) is 1. The molecule has 3 aromatic rings. The summed E-state index contributed by atoms with van der Waals surface area (Å²) in [6, 6.07) is 14.9. The SMILES string of the molecule is O=C(c1cccc(N2C(=O)C=CC2=O)c1)N1CCC(c2nc3ccccc3s2)CC1. The van der Waals surface area contributed by atoms with Crippen LogP contribution in [-0.2, 0) is 9.59 Å². The van der Waals surface area contributed by atoms with Crippen LogP contribution in [0, 0.1) is 0 Å². The molecule has 3 heterocycles. The van der Waals surface area contributed by atoms with Crippen molar-refractivity contribution in [2.45, 2.75) is 18.8 Å². The van der Waals surface area contributed by atoms with Gasteiger partial charge in [0.2, 0.25) is 0 Å². The number of para-hydroxylation sites is 1. The number of amides is 3. The predicted octanol–water partition coefficient (Wildman–Crippen LogP) is 3.75. The van der Waals surface area contributed by atoms with Gasteiger partial charge in [-0.3, -0.25) is 14.4 Å². The van der Waals surface area contributed by atoms with E-state index in [2.05, 4.69) is 6.07 Å². The summed E-state index contributed by atoms with van der Waals surface area (Å²) in [5.41, 5.74) is 1.94. The molecule has 0 bridgehead atoms. The van der Waals surface area contributed by atoms with Crippen molar-refractivity contribution in [3.63, 3.8) is 0 Å². The Hall–Kier alpha value is -3.32. The summed E-state index contributed by atoms with van der Waals surface area (Å²) in [6.45, 7) is 1.32. The van der Waals surface area contributed by atoms with E-state index in [0.29, 0.717) is 30.3 Å². The van der Waals surface area contributed by atoms with E-state index in [9.17, 15) is 14.4 Å². The quantitative estimate of drug-likeness (QED) is 0.609. The Morgan fingerprint density at radius 1 is 0.967 bits per heavy atom. The first kappa shape index (κ1) is 18.7. The largest absolute Gasteiger partial charge is 0.339 e. The van der Waals surface area contributed by atoms with Gasteiger partial charge in [-0.15, -0.1) is 11.3 Å². The van der Waals surface area contributed by atoms with E-state index in [1.54, 1.807) is 35.6 Å². The lowest BCUT2D eigenvalue weighted by Crippen LogP contribution is -2.38. The molecule has 0 atom stereocenters. The maximum Gasteiger partial charge on any atom is 0.258 e. The number of carbonyl (C=O) groups excluding carboxylic acids is 3. The van der Waals surface area contributed by atoms with Gasteiger partial charge >= 0.3 is 0 Å². The van der Waals surface area contributed by atoms with Crippen molar-refractivity contribution in [1.82, 2.24) is 9.88 Å². The minimum absolute atomic E-state index is 0.0772. The molecule has 1 aromatic heterocycles. The van der Waals surface area contributed by atoms with Crippen molar-refractivity contribution in [1.29, 1.82) is 0 Å². The molecule has 5 rings (SSSR count). The Kier molecular flexibility index (Phi) is 4.67. The molecule has 150 valence electrons. The van der Waals surface area contributed by atoms with Gasteiger partial charge < -0.3 is 4.90 Å². The molecule has 0 aliphatic carbocycles. The highest BCUT2D eigenvalue weighted by atomic mass is 32.1. The number of piperidine rings is 1. The summed E-state index contributed by atoms with van der Waals surface area (Å²) >= 11 is 1.74. The second kappa shape index (κ2) is 7.50. The van der Waals surface area contributed by atoms with Crippen molar-refractivity contribution < 1.29 is 14.4 Å². The molecule has 6 nitrogen and oxygen atoms in total. The Morgan fingerprint density at radius 2 is 1.70 bits per heavy atom. The third kappa shape index (κ3) is 3.31. The van der Waals surface area contributed by atoms with E-state index < -0.39 is 0 Å². The number of anilines is 1. The van der Waals surface area contributed by atoms with Gasteiger partial charge in [-0.25, -0.2) is 9.88 Å². The van der Waals surface area contributed by atoms with E-state index in [1.165, 1.54) is 16.9 Å². The van der Waals surface area contributed by atoms with Crippen molar-refractivity contribution in [2.24, 2.45) is 0 Å². The highest BCUT2D eigenvalue weighted by Gasteiger charge is 2.28. The molecule has 0 saturated carbocycles. The summed E-state index contributed by atoms with van der Waals surface area (Å²) < 4.78 is 1.20. The minimum atomic E-state index is -0.388. The van der Waals surface area contributed by atoms with Gasteiger partial charge in [0.1, 0.15) is 0 Å². The van der Waals surface area contributed by atoms with Crippen LogP contribution in [0.25, 0.3) is 10.2 Å². The topological polar surface area (TPSA) is 70.6 Å². The Morgan fingerprint density at radius 3 is 2.43 bits per heavy atom. The number of fused-ring (bicyclic) bond motifs is 1. The number of thiazole rings is 1. The standard InChI is InChI=1S/C23H19N3O3S/c27-20-8-9-21(28)26(20)17-5-3-4-16(14-17)23(29)25-12-10-15(11-13-25)22-24-18-6-1-2-7-19(18)30-22/h1-9,14-15H,10-13H2. The van der Waals surface area contributed by atoms with Crippen LogP contribution >= 0.6 is 11.3 Å². The molecule has 1 saturated heterocycles. The van der Waals surface area contributed by atoms with Crippen molar-refractivity contribution in [3.05, 3.63) is 71.3 Å². The van der Waals surface area contributed by atoms with E-state index in [4.69, 9.17) is 4.98 Å². The summed E-state index contributed by atoms with van der Waals surface area (Å²) in [5, 5.41) is 1.14. The van der Waals surface area contributed by atoms with Gasteiger partial charge in [0.15, 0.2) is 0 Å². The zero-order valence-electron chi connectivity index (χ0n) is 16.2. The first-order chi connectivity index (χ1) is 14.6. The molecule has 30 heavy (non-hydrogen) atoms. The summed E-state index contributed by atoms with van der Waals surface area (Å²) in [5.74, 6) is -0.488. The minimum Gasteiger partial charge on any atom is -0.339 e. The van der Waals surface area contributed by atoms with Crippen LogP contribution in [0.2, 0.25) is 0 Å². The molecular weight excluding hydrogens is 398 g/mol. The van der Waals surface area contributed by atoms with Gasteiger partial charge in [-0.05, 0) is 43.2 Å². The molecule has 2 aromatic carbocycles. The summed E-state index contributed by atoms with van der Waals surface area (Å²) in [4.78, 5) is 44.6. The second-order valence-corrected chi connectivity index (χ2v) is 8.54. The third-order valence-corrected chi connectivity index (χ3v) is 6.80. The molecule has 2 aliphatic heterocycles. The molecule has 7 heteroatoms. The van der Waals surface area contributed by atoms with Crippen LogP contribution in [0.15, 0.2) is 60.7 Å². The molecule has 0 radical (unpaired) electrons. The number of rotatable bonds is 3. The zero-order chi connectivity index (χ0) is 20.7. The van der Waals surface area contributed by atoms with Gasteiger partial charge in [-0.1, -0.05) is 18.2 Å². The Bertz CT molecular complexity index is 1140. The number of imide groups is 1. The normalized spacial score (nSPS) is 17.3. The molecule has 0 N–H and O–H groups in total. The number of hydrogen-bond acceptors (Lipinski definition) is 5. The first-order valence-corrected chi connectivity index (χ1v) is 10.7. The fraction of sp³-hybridized carbons (Fsp3) is 0.217. The Balaban J connectivity index is 1.28. The van der Waals surface area contributed by atoms with Crippen molar-refractivity contribution in [2.75, 3.05) is 18.0 Å². The number of benzene rings is 2. The molecule has 0 unspecified atom stereocenters. The average Bonchev–Trinajstić information content (AvgIpc) is 3.36. The first-order valence-electron chi connectivity index (χ1n) is 9.91. The van der Waals surface area contributed by atoms with Crippen molar-refractivity contribution >= 4 is 45.0 Å². The smallest absolute Gasteiger partial charge is 0.258 e. The average molecular weight is 417 g/mol. The molecule has 1 fully saturated rings. The van der Waals surface area contributed by atoms with Crippen LogP contribution in [-0.4, -0.2) is 40.7 Å². The van der Waals surface area contributed by atoms with E-state index in [0.717, 1.165) is 28.3 Å². The molecular formula is C23H19N3O3S. The second-order valence-electron chi connectivity index (χ2n) is 7.48. The maximum atomic E-state index is 13.0. The van der Waals surface area contributed by atoms with Gasteiger partial charge in [-0.2, -0.15) is 0 Å². The monoisotopic (exact) mass is 417 g/mol. The molecule has 3 amide bonds. The van der Waals surface area contributed by atoms with Crippen LogP contribution in [0.5, 0.6) is 0 Å².